The smallest absolute Gasteiger partial charge is 0.231 e. The fourth-order valence-electron chi connectivity index (χ4n) is 2.50. The number of anilines is 1. The highest BCUT2D eigenvalue weighted by atomic mass is 32.1. The zero-order valence-electron chi connectivity index (χ0n) is 12.9. The van der Waals surface area contributed by atoms with Crippen molar-refractivity contribution in [2.75, 3.05) is 19.2 Å². The molecule has 0 saturated heterocycles. The first kappa shape index (κ1) is 14.8. The number of nitrogens with zero attached hydrogens (tertiary/aromatic N) is 1. The SMILES string of the molecule is COc1cccc(CC(=O)Nc2nc3cc4c(cc3s2)OCO4)c1. The molecule has 3 aromatic rings. The van der Waals surface area contributed by atoms with Crippen LogP contribution in [0.1, 0.15) is 5.56 Å². The summed E-state index contributed by atoms with van der Waals surface area (Å²) in [7, 11) is 1.60. The highest BCUT2D eigenvalue weighted by molar-refractivity contribution is 7.22. The second kappa shape index (κ2) is 6.01. The summed E-state index contributed by atoms with van der Waals surface area (Å²) in [5.74, 6) is 2.00. The van der Waals surface area contributed by atoms with Crippen LogP contribution in [0.25, 0.3) is 10.2 Å². The van der Waals surface area contributed by atoms with E-state index in [0.29, 0.717) is 16.6 Å². The minimum atomic E-state index is -0.123. The lowest BCUT2D eigenvalue weighted by Crippen LogP contribution is -2.14. The number of carbonyl (C=O) groups is 1. The molecule has 4 rings (SSSR count). The van der Waals surface area contributed by atoms with Crippen molar-refractivity contribution >= 4 is 32.6 Å². The number of hydrogen-bond donors (Lipinski definition) is 1. The Morgan fingerprint density at radius 3 is 2.96 bits per heavy atom. The van der Waals surface area contributed by atoms with Crippen LogP contribution >= 0.6 is 11.3 Å². The van der Waals surface area contributed by atoms with E-state index in [-0.39, 0.29) is 19.1 Å². The maximum Gasteiger partial charge on any atom is 0.231 e. The van der Waals surface area contributed by atoms with Gasteiger partial charge in [-0.2, -0.15) is 0 Å². The van der Waals surface area contributed by atoms with Crippen LogP contribution in [0.2, 0.25) is 0 Å². The molecule has 0 spiro atoms. The molecule has 1 amide bonds. The number of thiazole rings is 1. The lowest BCUT2D eigenvalue weighted by atomic mass is 10.1. The van der Waals surface area contributed by atoms with Crippen LogP contribution in [-0.2, 0) is 11.2 Å². The van der Waals surface area contributed by atoms with E-state index in [1.807, 2.05) is 36.4 Å². The van der Waals surface area contributed by atoms with Crippen LogP contribution in [0.15, 0.2) is 36.4 Å². The number of methoxy groups -OCH3 is 1. The van der Waals surface area contributed by atoms with Gasteiger partial charge in [0.15, 0.2) is 16.6 Å². The highest BCUT2D eigenvalue weighted by Gasteiger charge is 2.17. The van der Waals surface area contributed by atoms with Crippen molar-refractivity contribution in [1.29, 1.82) is 0 Å². The summed E-state index contributed by atoms with van der Waals surface area (Å²) >= 11 is 1.41. The number of nitrogens with one attached hydrogen (secondary N) is 1. The first-order valence-corrected chi connectivity index (χ1v) is 8.16. The average molecular weight is 342 g/mol. The average Bonchev–Trinajstić information content (AvgIpc) is 3.17. The first-order chi connectivity index (χ1) is 11.7. The largest absolute Gasteiger partial charge is 0.497 e. The summed E-state index contributed by atoms with van der Waals surface area (Å²) in [6.07, 6.45) is 0.260. The van der Waals surface area contributed by atoms with Gasteiger partial charge in [0.05, 0.1) is 23.7 Å². The molecule has 0 saturated carbocycles. The van der Waals surface area contributed by atoms with Crippen LogP contribution in [-0.4, -0.2) is 24.8 Å². The van der Waals surface area contributed by atoms with Gasteiger partial charge in [-0.3, -0.25) is 4.79 Å². The molecule has 1 aromatic heterocycles. The number of fused-ring (bicyclic) bond motifs is 2. The normalized spacial score (nSPS) is 12.4. The second-order valence-electron chi connectivity index (χ2n) is 5.27. The van der Waals surface area contributed by atoms with Gasteiger partial charge >= 0.3 is 0 Å². The van der Waals surface area contributed by atoms with Crippen molar-refractivity contribution in [3.8, 4) is 17.2 Å². The summed E-state index contributed by atoms with van der Waals surface area (Å²) < 4.78 is 16.8. The van der Waals surface area contributed by atoms with Gasteiger partial charge in [-0.05, 0) is 17.7 Å². The van der Waals surface area contributed by atoms with Crippen LogP contribution in [0.5, 0.6) is 17.2 Å². The Bertz CT molecular complexity index is 881. The molecule has 0 fully saturated rings. The lowest BCUT2D eigenvalue weighted by molar-refractivity contribution is -0.115. The zero-order valence-corrected chi connectivity index (χ0v) is 13.7. The van der Waals surface area contributed by atoms with E-state index >= 15 is 0 Å². The molecule has 2 heterocycles. The molecule has 0 unspecified atom stereocenters. The predicted molar refractivity (Wildman–Crippen MR) is 91.1 cm³/mol. The highest BCUT2D eigenvalue weighted by Crippen LogP contribution is 2.38. The van der Waals surface area contributed by atoms with Gasteiger partial charge in [0, 0.05) is 12.1 Å². The molecule has 7 heteroatoms. The molecule has 1 N–H and O–H groups in total. The first-order valence-electron chi connectivity index (χ1n) is 7.34. The topological polar surface area (TPSA) is 69.7 Å². The molecule has 6 nitrogen and oxygen atoms in total. The van der Waals surface area contributed by atoms with E-state index in [1.165, 1.54) is 11.3 Å². The van der Waals surface area contributed by atoms with E-state index in [4.69, 9.17) is 14.2 Å². The van der Waals surface area contributed by atoms with E-state index in [2.05, 4.69) is 10.3 Å². The van der Waals surface area contributed by atoms with Crippen molar-refractivity contribution in [3.05, 3.63) is 42.0 Å². The molecule has 24 heavy (non-hydrogen) atoms. The summed E-state index contributed by atoms with van der Waals surface area (Å²) in [6.45, 7) is 0.233. The Hall–Kier alpha value is -2.80. The number of carbonyl (C=O) groups excluding carboxylic acids is 1. The van der Waals surface area contributed by atoms with Gasteiger partial charge in [0.1, 0.15) is 5.75 Å². The third-order valence-corrected chi connectivity index (χ3v) is 4.56. The summed E-state index contributed by atoms with van der Waals surface area (Å²) in [5.41, 5.74) is 1.66. The van der Waals surface area contributed by atoms with Gasteiger partial charge in [0.25, 0.3) is 0 Å². The summed E-state index contributed by atoms with van der Waals surface area (Å²) in [4.78, 5) is 16.7. The quantitative estimate of drug-likeness (QED) is 0.788. The minimum Gasteiger partial charge on any atom is -0.497 e. The number of aromatic nitrogens is 1. The third-order valence-electron chi connectivity index (χ3n) is 3.63. The van der Waals surface area contributed by atoms with Crippen molar-refractivity contribution in [1.82, 2.24) is 4.98 Å². The number of ether oxygens (including phenoxy) is 3. The van der Waals surface area contributed by atoms with Crippen molar-refractivity contribution in [2.45, 2.75) is 6.42 Å². The van der Waals surface area contributed by atoms with E-state index in [9.17, 15) is 4.79 Å². The molecule has 2 aromatic carbocycles. The number of rotatable bonds is 4. The lowest BCUT2D eigenvalue weighted by Gasteiger charge is -2.04. The molecule has 1 aliphatic rings. The summed E-state index contributed by atoms with van der Waals surface area (Å²) in [5, 5.41) is 3.40. The predicted octanol–water partition coefficient (Wildman–Crippen LogP) is 3.21. The van der Waals surface area contributed by atoms with Gasteiger partial charge in [-0.15, -0.1) is 0 Å². The van der Waals surface area contributed by atoms with E-state index in [1.54, 1.807) is 7.11 Å². The van der Waals surface area contributed by atoms with Crippen LogP contribution in [0.4, 0.5) is 5.13 Å². The maximum atomic E-state index is 12.2. The van der Waals surface area contributed by atoms with Gasteiger partial charge in [-0.1, -0.05) is 23.5 Å². The Kier molecular flexibility index (Phi) is 3.70. The molecule has 0 radical (unpaired) electrons. The summed E-state index contributed by atoms with van der Waals surface area (Å²) in [6, 6.07) is 11.1. The molecule has 0 atom stereocenters. The zero-order chi connectivity index (χ0) is 16.5. The van der Waals surface area contributed by atoms with Gasteiger partial charge in [-0.25, -0.2) is 4.98 Å². The van der Waals surface area contributed by atoms with Crippen LogP contribution in [0, 0.1) is 0 Å². The number of benzene rings is 2. The molecule has 0 bridgehead atoms. The van der Waals surface area contributed by atoms with Gasteiger partial charge in [0.2, 0.25) is 12.7 Å². The molecular weight excluding hydrogens is 328 g/mol. The van der Waals surface area contributed by atoms with Crippen molar-refractivity contribution in [3.63, 3.8) is 0 Å². The fraction of sp³-hybridized carbons (Fsp3) is 0.176. The molecule has 1 aliphatic heterocycles. The second-order valence-corrected chi connectivity index (χ2v) is 6.30. The Morgan fingerprint density at radius 2 is 2.12 bits per heavy atom. The molecule has 0 aliphatic carbocycles. The fourth-order valence-corrected chi connectivity index (χ4v) is 3.40. The molecular formula is C17H14N2O4S. The third kappa shape index (κ3) is 2.85. The molecule has 122 valence electrons. The van der Waals surface area contributed by atoms with Crippen LogP contribution < -0.4 is 19.5 Å². The van der Waals surface area contributed by atoms with Crippen molar-refractivity contribution < 1.29 is 19.0 Å². The number of amides is 1. The monoisotopic (exact) mass is 342 g/mol. The minimum absolute atomic E-state index is 0.123. The number of hydrogen-bond acceptors (Lipinski definition) is 6. The Labute approximate surface area is 142 Å². The Balaban J connectivity index is 1.50. The Morgan fingerprint density at radius 1 is 1.29 bits per heavy atom. The van der Waals surface area contributed by atoms with Gasteiger partial charge < -0.3 is 19.5 Å². The van der Waals surface area contributed by atoms with Crippen LogP contribution in [0.3, 0.4) is 0 Å². The standard InChI is InChI=1S/C17H14N2O4S/c1-21-11-4-2-3-10(5-11)6-16(20)19-17-18-12-7-13-14(23-9-22-13)8-15(12)24-17/h2-5,7-8H,6,9H2,1H3,(H,18,19,20). The maximum absolute atomic E-state index is 12.2. The van der Waals surface area contributed by atoms with Crippen molar-refractivity contribution in [2.24, 2.45) is 0 Å². The van der Waals surface area contributed by atoms with E-state index in [0.717, 1.165) is 21.5 Å². The van der Waals surface area contributed by atoms with E-state index < -0.39 is 0 Å².